The molecule has 3 rings (SSSR count). The molecule has 2 atom stereocenters. The molecule has 0 amide bonds. The molecule has 0 radical (unpaired) electrons. The Labute approximate surface area is 127 Å². The zero-order valence-corrected chi connectivity index (χ0v) is 13.2. The molecule has 21 heavy (non-hydrogen) atoms. The molecule has 1 fully saturated rings. The molecule has 2 heterocycles. The highest BCUT2D eigenvalue weighted by atomic mass is 15.2. The van der Waals surface area contributed by atoms with Crippen molar-refractivity contribution in [2.75, 3.05) is 18.0 Å². The van der Waals surface area contributed by atoms with Crippen molar-refractivity contribution in [2.24, 2.45) is 5.92 Å². The van der Waals surface area contributed by atoms with Gasteiger partial charge in [-0.1, -0.05) is 26.0 Å². The van der Waals surface area contributed by atoms with Crippen molar-refractivity contribution in [1.29, 1.82) is 0 Å². The van der Waals surface area contributed by atoms with E-state index >= 15 is 0 Å². The van der Waals surface area contributed by atoms with Gasteiger partial charge in [-0.05, 0) is 31.4 Å². The van der Waals surface area contributed by atoms with Crippen molar-refractivity contribution in [2.45, 2.75) is 39.3 Å². The second kappa shape index (κ2) is 6.02. The Morgan fingerprint density at radius 2 is 2.19 bits per heavy atom. The summed E-state index contributed by atoms with van der Waals surface area (Å²) in [4.78, 5) is 6.80. The first kappa shape index (κ1) is 14.3. The second-order valence-electron chi connectivity index (χ2n) is 6.61. The van der Waals surface area contributed by atoms with Gasteiger partial charge in [0.05, 0.1) is 0 Å². The molecule has 2 aromatic rings. The Morgan fingerprint density at radius 3 is 3.00 bits per heavy atom. The zero-order valence-electron chi connectivity index (χ0n) is 13.2. The minimum Gasteiger partial charge on any atom is -0.365 e. The molecule has 3 nitrogen and oxygen atoms in total. The predicted octanol–water partition coefficient (Wildman–Crippen LogP) is 3.45. The van der Waals surface area contributed by atoms with Gasteiger partial charge in [-0.3, -0.25) is 4.98 Å². The van der Waals surface area contributed by atoms with Crippen LogP contribution in [0, 0.1) is 5.92 Å². The molecule has 1 aliphatic rings. The number of aromatic nitrogens is 1. The number of benzene rings is 1. The summed E-state index contributed by atoms with van der Waals surface area (Å²) in [6, 6.07) is 9.77. The summed E-state index contributed by atoms with van der Waals surface area (Å²) in [5.74, 6) is 0.731. The highest BCUT2D eigenvalue weighted by Gasteiger charge is 2.26. The zero-order chi connectivity index (χ0) is 14.8. The molecule has 1 N–H and O–H groups in total. The van der Waals surface area contributed by atoms with E-state index in [1.54, 1.807) is 0 Å². The lowest BCUT2D eigenvalue weighted by Gasteiger charge is -2.41. The standard InChI is InChI=1S/C18H25N3/c1-13(2)9-16-12-21(14(3)10-20-16)18-6-4-5-15-11-19-8-7-17(15)18/h4-8,11,13-14,16,20H,9-10,12H2,1-3H3. The van der Waals surface area contributed by atoms with Crippen LogP contribution >= 0.6 is 0 Å². The van der Waals surface area contributed by atoms with Crippen LogP contribution in [0.25, 0.3) is 10.8 Å². The Hall–Kier alpha value is -1.61. The number of fused-ring (bicyclic) bond motifs is 1. The summed E-state index contributed by atoms with van der Waals surface area (Å²) in [6.45, 7) is 9.04. The van der Waals surface area contributed by atoms with Gasteiger partial charge in [0.15, 0.2) is 0 Å². The van der Waals surface area contributed by atoms with Gasteiger partial charge in [0.1, 0.15) is 0 Å². The Morgan fingerprint density at radius 1 is 1.33 bits per heavy atom. The third-order valence-corrected chi connectivity index (χ3v) is 4.37. The summed E-state index contributed by atoms with van der Waals surface area (Å²) in [5.41, 5.74) is 1.35. The first-order chi connectivity index (χ1) is 10.1. The van der Waals surface area contributed by atoms with Gasteiger partial charge in [-0.25, -0.2) is 0 Å². The molecule has 0 spiro atoms. The number of rotatable bonds is 3. The summed E-state index contributed by atoms with van der Waals surface area (Å²) in [6.07, 6.45) is 5.08. The fourth-order valence-corrected chi connectivity index (χ4v) is 3.35. The van der Waals surface area contributed by atoms with Gasteiger partial charge in [0.2, 0.25) is 0 Å². The van der Waals surface area contributed by atoms with Gasteiger partial charge >= 0.3 is 0 Å². The SMILES string of the molecule is CC(C)CC1CN(c2cccc3cnccc23)C(C)CN1. The van der Waals surface area contributed by atoms with E-state index in [1.165, 1.54) is 22.9 Å². The molecule has 0 bridgehead atoms. The van der Waals surface area contributed by atoms with E-state index in [1.807, 2.05) is 12.4 Å². The maximum atomic E-state index is 4.24. The number of hydrogen-bond donors (Lipinski definition) is 1. The van der Waals surface area contributed by atoms with Crippen LogP contribution in [0.3, 0.4) is 0 Å². The van der Waals surface area contributed by atoms with Gasteiger partial charge in [-0.2, -0.15) is 0 Å². The molecule has 1 aliphatic heterocycles. The quantitative estimate of drug-likeness (QED) is 0.935. The Kier molecular flexibility index (Phi) is 4.11. The van der Waals surface area contributed by atoms with E-state index < -0.39 is 0 Å². The van der Waals surface area contributed by atoms with Crippen molar-refractivity contribution in [3.63, 3.8) is 0 Å². The van der Waals surface area contributed by atoms with Crippen LogP contribution in [0.4, 0.5) is 5.69 Å². The molecule has 3 heteroatoms. The number of piperazine rings is 1. The van der Waals surface area contributed by atoms with E-state index in [2.05, 4.69) is 60.2 Å². The van der Waals surface area contributed by atoms with Crippen molar-refractivity contribution < 1.29 is 0 Å². The van der Waals surface area contributed by atoms with Crippen molar-refractivity contribution in [1.82, 2.24) is 10.3 Å². The monoisotopic (exact) mass is 283 g/mol. The van der Waals surface area contributed by atoms with Gasteiger partial charge < -0.3 is 10.2 Å². The van der Waals surface area contributed by atoms with E-state index in [0.717, 1.165) is 19.0 Å². The third kappa shape index (κ3) is 3.03. The van der Waals surface area contributed by atoms with Gasteiger partial charge in [0, 0.05) is 54.0 Å². The smallest absolute Gasteiger partial charge is 0.0450 e. The van der Waals surface area contributed by atoms with Crippen LogP contribution in [-0.2, 0) is 0 Å². The second-order valence-corrected chi connectivity index (χ2v) is 6.61. The highest BCUT2D eigenvalue weighted by Crippen LogP contribution is 2.29. The predicted molar refractivity (Wildman–Crippen MR) is 89.8 cm³/mol. The maximum absolute atomic E-state index is 4.24. The van der Waals surface area contributed by atoms with Gasteiger partial charge in [0.25, 0.3) is 0 Å². The summed E-state index contributed by atoms with van der Waals surface area (Å²) in [5, 5.41) is 6.23. The Balaban J connectivity index is 1.92. The lowest BCUT2D eigenvalue weighted by molar-refractivity contribution is 0.356. The van der Waals surface area contributed by atoms with Crippen molar-refractivity contribution in [3.05, 3.63) is 36.7 Å². The third-order valence-electron chi connectivity index (χ3n) is 4.37. The van der Waals surface area contributed by atoms with Crippen LogP contribution in [-0.4, -0.2) is 30.2 Å². The summed E-state index contributed by atoms with van der Waals surface area (Å²) >= 11 is 0. The van der Waals surface area contributed by atoms with Crippen LogP contribution in [0.1, 0.15) is 27.2 Å². The molecule has 0 saturated carbocycles. The van der Waals surface area contributed by atoms with E-state index in [0.29, 0.717) is 12.1 Å². The average molecular weight is 283 g/mol. The minimum absolute atomic E-state index is 0.521. The normalized spacial score (nSPS) is 23.0. The fraction of sp³-hybridized carbons (Fsp3) is 0.500. The molecule has 1 saturated heterocycles. The minimum atomic E-state index is 0.521. The number of nitrogens with one attached hydrogen (secondary N) is 1. The summed E-state index contributed by atoms with van der Waals surface area (Å²) < 4.78 is 0. The largest absolute Gasteiger partial charge is 0.365 e. The highest BCUT2D eigenvalue weighted by molar-refractivity contribution is 5.93. The van der Waals surface area contributed by atoms with Crippen LogP contribution < -0.4 is 10.2 Å². The Bertz CT molecular complexity index is 603. The summed E-state index contributed by atoms with van der Waals surface area (Å²) in [7, 11) is 0. The lowest BCUT2D eigenvalue weighted by Crippen LogP contribution is -2.56. The van der Waals surface area contributed by atoms with E-state index in [9.17, 15) is 0 Å². The van der Waals surface area contributed by atoms with E-state index in [4.69, 9.17) is 0 Å². The molecular formula is C18H25N3. The topological polar surface area (TPSA) is 28.2 Å². The maximum Gasteiger partial charge on any atom is 0.0450 e. The molecule has 1 aromatic heterocycles. The average Bonchev–Trinajstić information content (AvgIpc) is 2.48. The van der Waals surface area contributed by atoms with Crippen LogP contribution in [0.2, 0.25) is 0 Å². The first-order valence-electron chi connectivity index (χ1n) is 7.98. The molecule has 112 valence electrons. The van der Waals surface area contributed by atoms with Crippen molar-refractivity contribution >= 4 is 16.5 Å². The molecular weight excluding hydrogens is 258 g/mol. The van der Waals surface area contributed by atoms with E-state index in [-0.39, 0.29) is 0 Å². The number of pyridine rings is 1. The number of hydrogen-bond acceptors (Lipinski definition) is 3. The van der Waals surface area contributed by atoms with Crippen LogP contribution in [0.5, 0.6) is 0 Å². The molecule has 2 unspecified atom stereocenters. The van der Waals surface area contributed by atoms with Crippen LogP contribution in [0.15, 0.2) is 36.7 Å². The van der Waals surface area contributed by atoms with Crippen molar-refractivity contribution in [3.8, 4) is 0 Å². The fourth-order valence-electron chi connectivity index (χ4n) is 3.35. The molecule has 0 aliphatic carbocycles. The first-order valence-corrected chi connectivity index (χ1v) is 7.98. The number of anilines is 1. The van der Waals surface area contributed by atoms with Gasteiger partial charge in [-0.15, -0.1) is 0 Å². The number of nitrogens with zero attached hydrogens (tertiary/aromatic N) is 2. The molecule has 1 aromatic carbocycles. The lowest BCUT2D eigenvalue weighted by atomic mass is 9.99.